The third-order valence-electron chi connectivity index (χ3n) is 4.11. The Kier molecular flexibility index (Phi) is 4.13. The molecule has 2 unspecified atom stereocenters. The van der Waals surface area contributed by atoms with Crippen molar-refractivity contribution in [3.63, 3.8) is 0 Å². The maximum atomic E-state index is 12.2. The molecule has 6 heteroatoms. The van der Waals surface area contributed by atoms with Crippen molar-refractivity contribution in [1.82, 2.24) is 0 Å². The van der Waals surface area contributed by atoms with Crippen molar-refractivity contribution in [3.8, 4) is 0 Å². The number of carbonyl (C=O) groups is 2. The van der Waals surface area contributed by atoms with Crippen LogP contribution in [0.15, 0.2) is 12.1 Å². The highest BCUT2D eigenvalue weighted by atomic mass is 16.6. The minimum absolute atomic E-state index is 0.145. The highest BCUT2D eigenvalue weighted by Crippen LogP contribution is 2.35. The summed E-state index contributed by atoms with van der Waals surface area (Å²) >= 11 is 0. The Morgan fingerprint density at radius 1 is 1.00 bits per heavy atom. The van der Waals surface area contributed by atoms with E-state index in [1.807, 2.05) is 0 Å². The molecule has 0 saturated heterocycles. The maximum absolute atomic E-state index is 12.2. The molecule has 1 aromatic rings. The van der Waals surface area contributed by atoms with Gasteiger partial charge in [-0.1, -0.05) is 0 Å². The van der Waals surface area contributed by atoms with Crippen LogP contribution in [0.2, 0.25) is 0 Å². The summed E-state index contributed by atoms with van der Waals surface area (Å²) in [5, 5.41) is 20.0. The van der Waals surface area contributed by atoms with Gasteiger partial charge in [0.2, 0.25) is 6.29 Å². The molecule has 0 aromatic heterocycles. The normalized spacial score (nSPS) is 25.5. The fraction of sp³-hybridized carbons (Fsp3) is 0.500. The van der Waals surface area contributed by atoms with Crippen molar-refractivity contribution in [3.05, 3.63) is 34.4 Å². The molecular weight excluding hydrogens is 288 g/mol. The quantitative estimate of drug-likeness (QED) is 0.705. The second-order valence-electron chi connectivity index (χ2n) is 5.60. The maximum Gasteiger partial charge on any atom is 0.340 e. The van der Waals surface area contributed by atoms with Gasteiger partial charge in [-0.2, -0.15) is 0 Å². The Bertz CT molecular complexity index is 609. The third-order valence-corrected chi connectivity index (χ3v) is 4.11. The third kappa shape index (κ3) is 2.71. The fourth-order valence-electron chi connectivity index (χ4n) is 3.05. The Morgan fingerprint density at radius 3 is 2.59 bits per heavy atom. The lowest BCUT2D eigenvalue weighted by molar-refractivity contribution is -0.0715. The zero-order valence-corrected chi connectivity index (χ0v) is 12.1. The first-order valence-electron chi connectivity index (χ1n) is 7.48. The van der Waals surface area contributed by atoms with Gasteiger partial charge >= 0.3 is 11.9 Å². The lowest BCUT2D eigenvalue weighted by Crippen LogP contribution is -2.25. The van der Waals surface area contributed by atoms with Gasteiger partial charge in [0.15, 0.2) is 0 Å². The van der Waals surface area contributed by atoms with E-state index in [9.17, 15) is 19.8 Å². The molecule has 118 valence electrons. The number of ether oxygens (including phenoxy) is 2. The van der Waals surface area contributed by atoms with Gasteiger partial charge in [-0.15, -0.1) is 0 Å². The average Bonchev–Trinajstić information content (AvgIpc) is 2.49. The van der Waals surface area contributed by atoms with Crippen LogP contribution in [0.4, 0.5) is 0 Å². The molecule has 2 bridgehead atoms. The van der Waals surface area contributed by atoms with Gasteiger partial charge < -0.3 is 19.7 Å². The predicted octanol–water partition coefficient (Wildman–Crippen LogP) is 1.48. The van der Waals surface area contributed by atoms with Crippen LogP contribution in [-0.2, 0) is 15.9 Å². The summed E-state index contributed by atoms with van der Waals surface area (Å²) in [5.74, 6) is -1.13. The van der Waals surface area contributed by atoms with E-state index < -0.39 is 24.3 Å². The standard InChI is InChI=1S/C16H18O6/c17-12-4-1-3-9-10-6-7-11(14(9)12)16(20)22-13(18)5-2-8-21-15(10)19/h6-7,12-13,17-18H,1-5,8H2. The Hall–Kier alpha value is -1.92. The summed E-state index contributed by atoms with van der Waals surface area (Å²) in [5.41, 5.74) is 1.68. The first-order chi connectivity index (χ1) is 10.6. The molecule has 0 spiro atoms. The highest BCUT2D eigenvalue weighted by Gasteiger charge is 2.30. The van der Waals surface area contributed by atoms with Crippen LogP contribution >= 0.6 is 0 Å². The Labute approximate surface area is 127 Å². The molecule has 22 heavy (non-hydrogen) atoms. The van der Waals surface area contributed by atoms with Gasteiger partial charge in [0.05, 0.1) is 23.8 Å². The molecule has 2 atom stereocenters. The molecule has 2 aliphatic rings. The molecule has 1 aliphatic heterocycles. The number of fused-ring (bicyclic) bond motifs is 6. The van der Waals surface area contributed by atoms with Crippen molar-refractivity contribution in [2.45, 2.75) is 44.5 Å². The topological polar surface area (TPSA) is 93.1 Å². The van der Waals surface area contributed by atoms with Crippen molar-refractivity contribution in [2.24, 2.45) is 0 Å². The molecule has 0 radical (unpaired) electrons. The van der Waals surface area contributed by atoms with Gasteiger partial charge in [-0.25, -0.2) is 9.59 Å². The lowest BCUT2D eigenvalue weighted by Gasteiger charge is -2.26. The van der Waals surface area contributed by atoms with Crippen LogP contribution in [0.3, 0.4) is 0 Å². The van der Waals surface area contributed by atoms with E-state index in [2.05, 4.69) is 0 Å². The number of rotatable bonds is 0. The van der Waals surface area contributed by atoms with Gasteiger partial charge in [-0.05, 0) is 48.9 Å². The van der Waals surface area contributed by atoms with Crippen LogP contribution in [0.25, 0.3) is 0 Å². The van der Waals surface area contributed by atoms with Crippen molar-refractivity contribution in [2.75, 3.05) is 6.61 Å². The van der Waals surface area contributed by atoms with Crippen LogP contribution in [0.5, 0.6) is 0 Å². The summed E-state index contributed by atoms with van der Waals surface area (Å²) in [4.78, 5) is 24.4. The van der Waals surface area contributed by atoms with E-state index >= 15 is 0 Å². The zero-order valence-electron chi connectivity index (χ0n) is 12.1. The van der Waals surface area contributed by atoms with Gasteiger partial charge in [0.25, 0.3) is 0 Å². The van der Waals surface area contributed by atoms with Crippen molar-refractivity contribution < 1.29 is 29.3 Å². The Morgan fingerprint density at radius 2 is 1.77 bits per heavy atom. The van der Waals surface area contributed by atoms with E-state index in [0.29, 0.717) is 36.0 Å². The highest BCUT2D eigenvalue weighted by molar-refractivity contribution is 5.97. The number of benzene rings is 1. The fourth-order valence-corrected chi connectivity index (χ4v) is 3.05. The number of esters is 2. The number of cyclic esters (lactones) is 2. The molecule has 2 N–H and O–H groups in total. The molecule has 6 nitrogen and oxygen atoms in total. The van der Waals surface area contributed by atoms with E-state index in [-0.39, 0.29) is 18.6 Å². The number of aliphatic hydroxyl groups excluding tert-OH is 2. The molecule has 0 fully saturated rings. The molecular formula is C16H18O6. The SMILES string of the molecule is O=C1OCCCC(O)OC(=O)c2ccc1c1c2C(O)CCC1. The molecule has 1 aromatic carbocycles. The largest absolute Gasteiger partial charge is 0.462 e. The van der Waals surface area contributed by atoms with Gasteiger partial charge in [-0.3, -0.25) is 0 Å². The number of hydrogen-bond donors (Lipinski definition) is 2. The van der Waals surface area contributed by atoms with E-state index in [1.165, 1.54) is 12.1 Å². The van der Waals surface area contributed by atoms with Crippen molar-refractivity contribution in [1.29, 1.82) is 0 Å². The van der Waals surface area contributed by atoms with E-state index in [4.69, 9.17) is 9.47 Å². The first kappa shape index (κ1) is 15.0. The monoisotopic (exact) mass is 306 g/mol. The van der Waals surface area contributed by atoms with Crippen LogP contribution in [0, 0.1) is 0 Å². The second kappa shape index (κ2) is 6.06. The zero-order chi connectivity index (χ0) is 15.7. The Balaban J connectivity index is 2.13. The minimum Gasteiger partial charge on any atom is -0.462 e. The van der Waals surface area contributed by atoms with Crippen molar-refractivity contribution >= 4 is 11.9 Å². The van der Waals surface area contributed by atoms with E-state index in [1.54, 1.807) is 0 Å². The molecule has 0 saturated carbocycles. The van der Waals surface area contributed by atoms with Gasteiger partial charge in [0.1, 0.15) is 0 Å². The molecule has 0 amide bonds. The van der Waals surface area contributed by atoms with E-state index in [0.717, 1.165) is 6.42 Å². The predicted molar refractivity (Wildman–Crippen MR) is 75.3 cm³/mol. The lowest BCUT2D eigenvalue weighted by atomic mass is 9.83. The average molecular weight is 306 g/mol. The minimum atomic E-state index is -1.25. The summed E-state index contributed by atoms with van der Waals surface area (Å²) in [6.45, 7) is 0.145. The number of carbonyl (C=O) groups excluding carboxylic acids is 2. The molecule has 3 rings (SSSR count). The summed E-state index contributed by atoms with van der Waals surface area (Å²) < 4.78 is 10.2. The number of aliphatic hydroxyl groups is 2. The smallest absolute Gasteiger partial charge is 0.340 e. The number of hydrogen-bond acceptors (Lipinski definition) is 6. The first-order valence-corrected chi connectivity index (χ1v) is 7.48. The summed E-state index contributed by atoms with van der Waals surface area (Å²) in [6, 6.07) is 2.99. The van der Waals surface area contributed by atoms with Crippen LogP contribution in [-0.4, -0.2) is 35.0 Å². The summed E-state index contributed by atoms with van der Waals surface area (Å²) in [7, 11) is 0. The van der Waals surface area contributed by atoms with Crippen LogP contribution in [0.1, 0.15) is 63.6 Å². The molecule has 1 heterocycles. The van der Waals surface area contributed by atoms with Gasteiger partial charge in [0, 0.05) is 6.42 Å². The second-order valence-corrected chi connectivity index (χ2v) is 5.60. The van der Waals surface area contributed by atoms with Crippen LogP contribution < -0.4 is 0 Å². The molecule has 1 aliphatic carbocycles. The summed E-state index contributed by atoms with van der Waals surface area (Å²) in [6.07, 6.45) is 0.381.